The summed E-state index contributed by atoms with van der Waals surface area (Å²) in [6, 6.07) is 55.0. The van der Waals surface area contributed by atoms with Crippen molar-refractivity contribution in [3.05, 3.63) is 146 Å². The number of hydrogen-bond donors (Lipinski definition) is 0. The fourth-order valence-electron chi connectivity index (χ4n) is 8.13. The summed E-state index contributed by atoms with van der Waals surface area (Å²) in [4.78, 5) is 2.67. The van der Waals surface area contributed by atoms with Crippen molar-refractivity contribution in [3.63, 3.8) is 0 Å². The first-order chi connectivity index (χ1) is 24.7. The Morgan fingerprint density at radius 2 is 0.860 bits per heavy atom. The minimum absolute atomic E-state index is 1.27. The van der Waals surface area contributed by atoms with E-state index >= 15 is 0 Å². The van der Waals surface area contributed by atoms with Gasteiger partial charge in [-0.05, 0) is 99.4 Å². The molecule has 0 nitrogen and oxygen atoms in total. The Hall–Kier alpha value is -4.97. The lowest BCUT2D eigenvalue weighted by Crippen LogP contribution is -1.94. The second-order valence-electron chi connectivity index (χ2n) is 13.2. The molecule has 0 saturated carbocycles. The van der Waals surface area contributed by atoms with Crippen LogP contribution in [0.3, 0.4) is 0 Å². The maximum Gasteiger partial charge on any atom is 0.0368 e. The average molecular weight is 705 g/mol. The van der Waals surface area contributed by atoms with Gasteiger partial charge in [0.05, 0.1) is 0 Å². The summed E-state index contributed by atoms with van der Waals surface area (Å²) < 4.78 is 8.09. The number of fused-ring (bicyclic) bond motifs is 12. The van der Waals surface area contributed by atoms with Crippen LogP contribution in [0.4, 0.5) is 0 Å². The van der Waals surface area contributed by atoms with E-state index in [2.05, 4.69) is 146 Å². The Morgan fingerprint density at radius 1 is 0.280 bits per heavy atom. The van der Waals surface area contributed by atoms with Gasteiger partial charge in [-0.2, -0.15) is 0 Å². The first kappa shape index (κ1) is 27.8. The number of hydrogen-bond acceptors (Lipinski definition) is 4. The normalized spacial score (nSPS) is 12.7. The lowest BCUT2D eigenvalue weighted by molar-refractivity contribution is 1.40. The molecule has 0 spiro atoms. The average Bonchev–Trinajstić information content (AvgIpc) is 3.85. The van der Waals surface area contributed by atoms with Gasteiger partial charge in [0.1, 0.15) is 0 Å². The van der Waals surface area contributed by atoms with Crippen molar-refractivity contribution in [1.29, 1.82) is 0 Å². The van der Waals surface area contributed by atoms with Crippen molar-refractivity contribution < 1.29 is 0 Å². The molecule has 0 bridgehead atoms. The van der Waals surface area contributed by atoms with Crippen molar-refractivity contribution >= 4 is 117 Å². The third-order valence-electron chi connectivity index (χ3n) is 10.5. The maximum absolute atomic E-state index is 2.47. The van der Waals surface area contributed by atoms with Gasteiger partial charge < -0.3 is 0 Å². The highest BCUT2D eigenvalue weighted by atomic mass is 32.2. The topological polar surface area (TPSA) is 0 Å². The molecule has 0 saturated heterocycles. The van der Waals surface area contributed by atoms with Gasteiger partial charge in [0.2, 0.25) is 0 Å². The SMILES string of the molecule is c1ccc2c(c1)sc1ccc(-c3ccc4c(c3)Sc3cccc5c3c-4cc3sc4cc(-c6ccc7sc8ccccc8c7c6)ccc4c35)cc12. The van der Waals surface area contributed by atoms with E-state index in [4.69, 9.17) is 0 Å². The van der Waals surface area contributed by atoms with Crippen LogP contribution in [-0.4, -0.2) is 0 Å². The molecule has 0 atom stereocenters. The van der Waals surface area contributed by atoms with E-state index in [-0.39, 0.29) is 0 Å². The highest BCUT2D eigenvalue weighted by molar-refractivity contribution is 7.99. The quantitative estimate of drug-likeness (QED) is 0.173. The molecule has 4 heteroatoms. The van der Waals surface area contributed by atoms with Crippen molar-refractivity contribution in [1.82, 2.24) is 0 Å². The van der Waals surface area contributed by atoms with Crippen LogP contribution in [0.2, 0.25) is 0 Å². The predicted octanol–water partition coefficient (Wildman–Crippen LogP) is 15.4. The van der Waals surface area contributed by atoms with Crippen molar-refractivity contribution in [2.75, 3.05) is 0 Å². The van der Waals surface area contributed by atoms with E-state index in [0.717, 1.165) is 0 Å². The number of benzene rings is 8. The summed E-state index contributed by atoms with van der Waals surface area (Å²) in [7, 11) is 0. The van der Waals surface area contributed by atoms with Gasteiger partial charge in [0.25, 0.3) is 0 Å². The van der Waals surface area contributed by atoms with E-state index in [1.807, 2.05) is 45.8 Å². The zero-order valence-corrected chi connectivity index (χ0v) is 29.8. The lowest BCUT2D eigenvalue weighted by Gasteiger charge is -2.21. The molecular weight excluding hydrogens is 681 g/mol. The molecule has 232 valence electrons. The Labute approximate surface area is 303 Å². The van der Waals surface area contributed by atoms with E-state index in [1.54, 1.807) is 0 Å². The number of thiophene rings is 3. The van der Waals surface area contributed by atoms with Gasteiger partial charge in [-0.15, -0.1) is 34.0 Å². The fourth-order valence-corrected chi connectivity index (χ4v) is 12.7. The second kappa shape index (κ2) is 10.3. The van der Waals surface area contributed by atoms with E-state index < -0.39 is 0 Å². The first-order valence-electron chi connectivity index (χ1n) is 16.8. The largest absolute Gasteiger partial charge is 0.135 e. The molecule has 50 heavy (non-hydrogen) atoms. The molecule has 11 aromatic rings. The highest BCUT2D eigenvalue weighted by Gasteiger charge is 2.23. The summed E-state index contributed by atoms with van der Waals surface area (Å²) >= 11 is 7.60. The lowest BCUT2D eigenvalue weighted by atomic mass is 9.93. The van der Waals surface area contributed by atoms with Crippen LogP contribution in [-0.2, 0) is 0 Å². The molecule has 0 fully saturated rings. The molecule has 0 aliphatic carbocycles. The summed E-state index contributed by atoms with van der Waals surface area (Å²) in [6.07, 6.45) is 0. The standard InChI is InChI=1S/C46H24S4/c1-3-9-37-29(6-1)34-20-25(14-18-39(34)47-37)27-12-16-31-36-24-44-45(33-8-5-11-41(46(33)36)49-42(31)22-27)32-17-13-28(23-43(32)50-44)26-15-19-40-35(21-26)30-7-2-4-10-38(30)48-40/h1-24H. The second-order valence-corrected chi connectivity index (χ2v) is 17.6. The predicted molar refractivity (Wildman–Crippen MR) is 223 cm³/mol. The molecular formula is C46H24S4. The van der Waals surface area contributed by atoms with Crippen LogP contribution in [0.25, 0.3) is 105 Å². The van der Waals surface area contributed by atoms with Gasteiger partial charge in [-0.3, -0.25) is 0 Å². The molecule has 0 amide bonds. The maximum atomic E-state index is 2.47. The molecule has 0 unspecified atom stereocenters. The van der Waals surface area contributed by atoms with Gasteiger partial charge in [0.15, 0.2) is 0 Å². The van der Waals surface area contributed by atoms with Crippen LogP contribution in [0.15, 0.2) is 155 Å². The molecule has 8 aromatic carbocycles. The van der Waals surface area contributed by atoms with Gasteiger partial charge in [-0.1, -0.05) is 96.7 Å². The third-order valence-corrected chi connectivity index (χ3v) is 15.0. The van der Waals surface area contributed by atoms with Crippen molar-refractivity contribution in [2.45, 2.75) is 9.79 Å². The molecule has 0 N–H and O–H groups in total. The fraction of sp³-hybridized carbons (Fsp3) is 0. The third kappa shape index (κ3) is 3.93. The van der Waals surface area contributed by atoms with Crippen LogP contribution in [0.1, 0.15) is 0 Å². The highest BCUT2D eigenvalue weighted by Crippen LogP contribution is 2.53. The van der Waals surface area contributed by atoms with E-state index in [1.165, 1.54) is 114 Å². The molecule has 4 heterocycles. The van der Waals surface area contributed by atoms with Gasteiger partial charge in [0, 0.05) is 75.7 Å². The van der Waals surface area contributed by atoms with Crippen molar-refractivity contribution in [2.24, 2.45) is 0 Å². The Kier molecular flexibility index (Phi) is 5.72. The van der Waals surface area contributed by atoms with Crippen LogP contribution >= 0.6 is 45.8 Å². The monoisotopic (exact) mass is 704 g/mol. The Balaban J connectivity index is 1.00. The van der Waals surface area contributed by atoms with Gasteiger partial charge in [-0.25, -0.2) is 0 Å². The van der Waals surface area contributed by atoms with Crippen molar-refractivity contribution in [3.8, 4) is 33.4 Å². The smallest absolute Gasteiger partial charge is 0.0368 e. The van der Waals surface area contributed by atoms with Gasteiger partial charge >= 0.3 is 0 Å². The molecule has 0 radical (unpaired) electrons. The minimum atomic E-state index is 1.27. The molecule has 1 aliphatic rings. The minimum Gasteiger partial charge on any atom is -0.135 e. The van der Waals surface area contributed by atoms with E-state index in [0.29, 0.717) is 0 Å². The number of rotatable bonds is 2. The Bertz CT molecular complexity index is 3240. The zero-order valence-electron chi connectivity index (χ0n) is 26.5. The van der Waals surface area contributed by atoms with Crippen LogP contribution in [0.5, 0.6) is 0 Å². The van der Waals surface area contributed by atoms with E-state index in [9.17, 15) is 0 Å². The first-order valence-corrected chi connectivity index (χ1v) is 20.1. The zero-order chi connectivity index (χ0) is 32.5. The summed E-state index contributed by atoms with van der Waals surface area (Å²) in [6.45, 7) is 0. The Morgan fingerprint density at radius 3 is 1.60 bits per heavy atom. The summed E-state index contributed by atoms with van der Waals surface area (Å²) in [5.74, 6) is 0. The molecule has 1 aliphatic heterocycles. The summed E-state index contributed by atoms with van der Waals surface area (Å²) in [5, 5.41) is 10.9. The van der Waals surface area contributed by atoms with Crippen LogP contribution in [0, 0.1) is 0 Å². The molecule has 12 rings (SSSR count). The summed E-state index contributed by atoms with van der Waals surface area (Å²) in [5.41, 5.74) is 7.78. The molecule has 3 aromatic heterocycles. The van der Waals surface area contributed by atoms with Crippen LogP contribution < -0.4 is 0 Å².